The first-order valence-corrected chi connectivity index (χ1v) is 5.89. The third-order valence-electron chi connectivity index (χ3n) is 2.18. The number of nitrogens with one attached hydrogen (secondary N) is 1. The highest BCUT2D eigenvalue weighted by Crippen LogP contribution is 2.28. The first-order valence-electron chi connectivity index (χ1n) is 5.01. The Hall–Kier alpha value is -0.540. The number of thiophene rings is 1. The Morgan fingerprint density at radius 2 is 2.29 bits per heavy atom. The lowest BCUT2D eigenvalue weighted by molar-refractivity contribution is 0.190. The second-order valence-electron chi connectivity index (χ2n) is 3.57. The fourth-order valence-electron chi connectivity index (χ4n) is 1.49. The third kappa shape index (κ3) is 2.72. The van der Waals surface area contributed by atoms with Gasteiger partial charge < -0.3 is 10.1 Å². The van der Waals surface area contributed by atoms with Gasteiger partial charge in [-0.25, -0.2) is 0 Å². The molecule has 0 aliphatic carbocycles. The molecule has 14 heavy (non-hydrogen) atoms. The molecule has 1 atom stereocenters. The highest BCUT2D eigenvalue weighted by molar-refractivity contribution is 7.10. The van der Waals surface area contributed by atoms with Crippen LogP contribution in [0.1, 0.15) is 24.3 Å². The lowest BCUT2D eigenvalue weighted by Crippen LogP contribution is -2.21. The summed E-state index contributed by atoms with van der Waals surface area (Å²) in [7, 11) is 1.74. The molecule has 3 heteroatoms. The van der Waals surface area contributed by atoms with Gasteiger partial charge >= 0.3 is 0 Å². The monoisotopic (exact) mass is 213 g/mol. The van der Waals surface area contributed by atoms with Crippen molar-refractivity contribution >= 4 is 17.0 Å². The molecule has 0 fully saturated rings. The van der Waals surface area contributed by atoms with Crippen molar-refractivity contribution in [2.75, 3.05) is 19.0 Å². The Bertz CT molecular complexity index is 283. The van der Waals surface area contributed by atoms with E-state index < -0.39 is 0 Å². The highest BCUT2D eigenvalue weighted by Gasteiger charge is 2.09. The zero-order chi connectivity index (χ0) is 10.6. The minimum absolute atomic E-state index is 0.374. The van der Waals surface area contributed by atoms with Gasteiger partial charge in [0.25, 0.3) is 0 Å². The van der Waals surface area contributed by atoms with Crippen LogP contribution in [0.15, 0.2) is 5.38 Å². The van der Waals surface area contributed by atoms with E-state index in [4.69, 9.17) is 4.74 Å². The van der Waals surface area contributed by atoms with Crippen molar-refractivity contribution in [3.63, 3.8) is 0 Å². The largest absolute Gasteiger partial charge is 0.383 e. The van der Waals surface area contributed by atoms with Crippen molar-refractivity contribution in [1.29, 1.82) is 0 Å². The van der Waals surface area contributed by atoms with Crippen LogP contribution < -0.4 is 5.32 Å². The van der Waals surface area contributed by atoms with E-state index in [0.717, 1.165) is 13.0 Å². The summed E-state index contributed by atoms with van der Waals surface area (Å²) < 4.78 is 5.11. The lowest BCUT2D eigenvalue weighted by Gasteiger charge is -2.15. The van der Waals surface area contributed by atoms with E-state index in [2.05, 4.69) is 31.5 Å². The number of anilines is 1. The van der Waals surface area contributed by atoms with Gasteiger partial charge in [0.2, 0.25) is 0 Å². The van der Waals surface area contributed by atoms with Gasteiger partial charge in [-0.2, -0.15) is 0 Å². The maximum atomic E-state index is 5.11. The number of ether oxygens (including phenoxy) is 1. The normalized spacial score (nSPS) is 12.9. The molecule has 0 amide bonds. The van der Waals surface area contributed by atoms with E-state index in [9.17, 15) is 0 Å². The Morgan fingerprint density at radius 3 is 2.86 bits per heavy atom. The van der Waals surface area contributed by atoms with Crippen molar-refractivity contribution in [1.82, 2.24) is 0 Å². The predicted molar refractivity (Wildman–Crippen MR) is 63.4 cm³/mol. The zero-order valence-corrected chi connectivity index (χ0v) is 10.2. The third-order valence-corrected chi connectivity index (χ3v) is 3.43. The van der Waals surface area contributed by atoms with Crippen LogP contribution >= 0.6 is 11.3 Å². The fraction of sp³-hybridized carbons (Fsp3) is 0.636. The van der Waals surface area contributed by atoms with Gasteiger partial charge in [-0.1, -0.05) is 6.92 Å². The molecule has 0 radical (unpaired) electrons. The van der Waals surface area contributed by atoms with Crippen LogP contribution in [0.2, 0.25) is 0 Å². The minimum Gasteiger partial charge on any atom is -0.383 e. The molecule has 0 saturated carbocycles. The van der Waals surface area contributed by atoms with E-state index in [1.165, 1.54) is 16.1 Å². The van der Waals surface area contributed by atoms with Crippen LogP contribution in [0.3, 0.4) is 0 Å². The van der Waals surface area contributed by atoms with Crippen LogP contribution in [0.5, 0.6) is 0 Å². The van der Waals surface area contributed by atoms with Crippen LogP contribution in [0, 0.1) is 6.92 Å². The van der Waals surface area contributed by atoms with Gasteiger partial charge in [-0.15, -0.1) is 11.3 Å². The van der Waals surface area contributed by atoms with Crippen molar-refractivity contribution in [2.24, 2.45) is 0 Å². The van der Waals surface area contributed by atoms with Crippen molar-refractivity contribution in [2.45, 2.75) is 33.2 Å². The highest BCUT2D eigenvalue weighted by atomic mass is 32.1. The molecule has 1 rings (SSSR count). The molecule has 80 valence electrons. The average Bonchev–Trinajstić information content (AvgIpc) is 2.48. The predicted octanol–water partition coefficient (Wildman–Crippen LogP) is 3.07. The first-order chi connectivity index (χ1) is 6.69. The number of aryl methyl sites for hydroxylation is 2. The second kappa shape index (κ2) is 5.37. The second-order valence-corrected chi connectivity index (χ2v) is 4.54. The van der Waals surface area contributed by atoms with E-state index in [0.29, 0.717) is 6.04 Å². The van der Waals surface area contributed by atoms with Gasteiger partial charge in [-0.3, -0.25) is 0 Å². The quantitative estimate of drug-likeness (QED) is 0.811. The molecule has 1 N–H and O–H groups in total. The Labute approximate surface area is 90.3 Å². The van der Waals surface area contributed by atoms with Crippen LogP contribution in [-0.4, -0.2) is 19.8 Å². The standard InChI is InChI=1S/C11H19NOS/c1-5-10-11(8(2)7-14-10)12-9(3)6-13-4/h7,9,12H,5-6H2,1-4H3. The fourth-order valence-corrected chi connectivity index (χ4v) is 2.43. The number of hydrogen-bond acceptors (Lipinski definition) is 3. The minimum atomic E-state index is 0.374. The topological polar surface area (TPSA) is 21.3 Å². The summed E-state index contributed by atoms with van der Waals surface area (Å²) in [6.45, 7) is 7.23. The molecular weight excluding hydrogens is 194 g/mol. The Kier molecular flexibility index (Phi) is 4.42. The van der Waals surface area contributed by atoms with Gasteiger partial charge in [0.1, 0.15) is 0 Å². The molecular formula is C11H19NOS. The summed E-state index contributed by atoms with van der Waals surface area (Å²) in [6.07, 6.45) is 1.10. The van der Waals surface area contributed by atoms with Gasteiger partial charge in [0, 0.05) is 18.0 Å². The van der Waals surface area contributed by atoms with Crippen LogP contribution in [-0.2, 0) is 11.2 Å². The van der Waals surface area contributed by atoms with E-state index >= 15 is 0 Å². The molecule has 1 aromatic rings. The van der Waals surface area contributed by atoms with Gasteiger partial charge in [-0.05, 0) is 31.2 Å². The number of hydrogen-bond donors (Lipinski definition) is 1. The first kappa shape index (κ1) is 11.5. The number of methoxy groups -OCH3 is 1. The molecule has 1 heterocycles. The zero-order valence-electron chi connectivity index (χ0n) is 9.39. The average molecular weight is 213 g/mol. The molecule has 1 aromatic heterocycles. The summed E-state index contributed by atoms with van der Waals surface area (Å²) in [5.74, 6) is 0. The summed E-state index contributed by atoms with van der Waals surface area (Å²) in [4.78, 5) is 1.44. The van der Waals surface area contributed by atoms with Gasteiger partial charge in [0.05, 0.1) is 12.3 Å². The molecule has 0 saturated heterocycles. The maximum Gasteiger partial charge on any atom is 0.0661 e. The molecule has 0 aromatic carbocycles. The molecule has 0 aliphatic rings. The SMILES string of the molecule is CCc1scc(C)c1NC(C)COC. The van der Waals surface area contributed by atoms with Crippen molar-refractivity contribution in [3.05, 3.63) is 15.8 Å². The molecule has 0 aliphatic heterocycles. The molecule has 2 nitrogen and oxygen atoms in total. The summed E-state index contributed by atoms with van der Waals surface area (Å²) in [5.41, 5.74) is 2.65. The van der Waals surface area contributed by atoms with E-state index in [1.54, 1.807) is 7.11 Å². The van der Waals surface area contributed by atoms with Crippen LogP contribution in [0.25, 0.3) is 0 Å². The van der Waals surface area contributed by atoms with Gasteiger partial charge in [0.15, 0.2) is 0 Å². The maximum absolute atomic E-state index is 5.11. The van der Waals surface area contributed by atoms with Crippen LogP contribution in [0.4, 0.5) is 5.69 Å². The smallest absolute Gasteiger partial charge is 0.0661 e. The lowest BCUT2D eigenvalue weighted by atomic mass is 10.2. The summed E-state index contributed by atoms with van der Waals surface area (Å²) in [5, 5.41) is 5.71. The molecule has 0 bridgehead atoms. The molecule has 1 unspecified atom stereocenters. The molecule has 0 spiro atoms. The Balaban J connectivity index is 2.68. The summed E-state index contributed by atoms with van der Waals surface area (Å²) >= 11 is 1.83. The van der Waals surface area contributed by atoms with E-state index in [1.807, 2.05) is 11.3 Å². The van der Waals surface area contributed by atoms with Crippen molar-refractivity contribution in [3.8, 4) is 0 Å². The summed E-state index contributed by atoms with van der Waals surface area (Å²) in [6, 6.07) is 0.374. The number of rotatable bonds is 5. The Morgan fingerprint density at radius 1 is 1.57 bits per heavy atom. The van der Waals surface area contributed by atoms with Crippen molar-refractivity contribution < 1.29 is 4.74 Å². The van der Waals surface area contributed by atoms with E-state index in [-0.39, 0.29) is 0 Å².